The first-order valence-corrected chi connectivity index (χ1v) is 12.6. The zero-order chi connectivity index (χ0) is 24.8. The van der Waals surface area contributed by atoms with Crippen LogP contribution in [0.15, 0.2) is 48.5 Å². The Morgan fingerprint density at radius 3 is 2.29 bits per heavy atom. The zero-order valence-corrected chi connectivity index (χ0v) is 21.2. The molecule has 0 bridgehead atoms. The maximum absolute atomic E-state index is 12.7. The molecule has 0 fully saturated rings. The molecule has 0 aliphatic carbocycles. The van der Waals surface area contributed by atoms with Crippen LogP contribution in [0.5, 0.6) is 5.75 Å². The van der Waals surface area contributed by atoms with Gasteiger partial charge in [0.15, 0.2) is 0 Å². The molecule has 2 unspecified atom stereocenters. The van der Waals surface area contributed by atoms with Gasteiger partial charge in [0.2, 0.25) is 0 Å². The van der Waals surface area contributed by atoms with Crippen LogP contribution in [-0.2, 0) is 14.3 Å². The molecule has 0 aliphatic rings. The fourth-order valence-corrected chi connectivity index (χ4v) is 3.78. The Morgan fingerprint density at radius 1 is 0.912 bits per heavy atom. The fraction of sp³-hybridized carbons (Fsp3) is 0.517. The average molecular weight is 469 g/mol. The van der Waals surface area contributed by atoms with Gasteiger partial charge in [0, 0.05) is 19.1 Å². The summed E-state index contributed by atoms with van der Waals surface area (Å²) in [5.74, 6) is -0.0915. The lowest BCUT2D eigenvalue weighted by atomic mass is 10.0. The largest absolute Gasteiger partial charge is 0.459 e. The number of carbonyl (C=O) groups excluding carboxylic acids is 2. The summed E-state index contributed by atoms with van der Waals surface area (Å²) in [6.45, 7) is 6.51. The van der Waals surface area contributed by atoms with Gasteiger partial charge in [0.05, 0.1) is 11.7 Å². The third-order valence-corrected chi connectivity index (χ3v) is 6.22. The van der Waals surface area contributed by atoms with Crippen LogP contribution in [-0.4, -0.2) is 31.8 Å². The number of ether oxygens (including phenoxy) is 3. The van der Waals surface area contributed by atoms with Crippen molar-refractivity contribution in [1.29, 1.82) is 0 Å². The van der Waals surface area contributed by atoms with Gasteiger partial charge in [-0.25, -0.2) is 4.79 Å². The Hall–Kier alpha value is -2.66. The molecule has 0 spiro atoms. The highest BCUT2D eigenvalue weighted by Crippen LogP contribution is 2.32. The van der Waals surface area contributed by atoms with E-state index in [0.29, 0.717) is 17.7 Å². The molecule has 5 heteroatoms. The molecule has 0 saturated carbocycles. The van der Waals surface area contributed by atoms with Gasteiger partial charge in [-0.05, 0) is 36.1 Å². The summed E-state index contributed by atoms with van der Waals surface area (Å²) in [5.41, 5.74) is 2.03. The SMILES string of the molecule is CCCCCCCCC(=O)Oc1cc(C(=O)OCC(OC)C(C)CC)ccc1-c1ccccc1. The third-order valence-electron chi connectivity index (χ3n) is 6.22. The van der Waals surface area contributed by atoms with E-state index in [2.05, 4.69) is 20.8 Å². The van der Waals surface area contributed by atoms with Crippen LogP contribution >= 0.6 is 0 Å². The van der Waals surface area contributed by atoms with E-state index in [1.54, 1.807) is 19.2 Å². The van der Waals surface area contributed by atoms with Gasteiger partial charge >= 0.3 is 11.9 Å². The molecule has 0 aromatic heterocycles. The molecule has 0 saturated heterocycles. The Labute approximate surface area is 204 Å². The molecule has 0 aliphatic heterocycles. The Balaban J connectivity index is 2.11. The number of unbranched alkanes of at least 4 members (excludes halogenated alkanes) is 5. The summed E-state index contributed by atoms with van der Waals surface area (Å²) in [7, 11) is 1.63. The molecular formula is C29H40O5. The first-order chi connectivity index (χ1) is 16.5. The van der Waals surface area contributed by atoms with E-state index in [4.69, 9.17) is 14.2 Å². The van der Waals surface area contributed by atoms with E-state index in [9.17, 15) is 9.59 Å². The highest BCUT2D eigenvalue weighted by atomic mass is 16.6. The monoisotopic (exact) mass is 468 g/mol. The first kappa shape index (κ1) is 27.6. The molecular weight excluding hydrogens is 428 g/mol. The summed E-state index contributed by atoms with van der Waals surface area (Å²) in [6, 6.07) is 14.8. The zero-order valence-electron chi connectivity index (χ0n) is 21.2. The van der Waals surface area contributed by atoms with Crippen LogP contribution in [0.3, 0.4) is 0 Å². The molecule has 34 heavy (non-hydrogen) atoms. The quantitative estimate of drug-likeness (QED) is 0.157. The Bertz CT molecular complexity index is 877. The maximum atomic E-state index is 12.7. The molecule has 186 valence electrons. The number of esters is 2. The number of hydrogen-bond donors (Lipinski definition) is 0. The van der Waals surface area contributed by atoms with Crippen molar-refractivity contribution in [2.75, 3.05) is 13.7 Å². The van der Waals surface area contributed by atoms with Crippen molar-refractivity contribution in [2.45, 2.75) is 78.2 Å². The van der Waals surface area contributed by atoms with Gasteiger partial charge in [0.1, 0.15) is 12.4 Å². The Kier molecular flexibility index (Phi) is 12.4. The topological polar surface area (TPSA) is 61.8 Å². The van der Waals surface area contributed by atoms with Gasteiger partial charge in [-0.2, -0.15) is 0 Å². The summed E-state index contributed by atoms with van der Waals surface area (Å²) >= 11 is 0. The number of hydrogen-bond acceptors (Lipinski definition) is 5. The molecule has 2 aromatic carbocycles. The predicted octanol–water partition coefficient (Wildman–Crippen LogP) is 7.23. The van der Waals surface area contributed by atoms with Crippen molar-refractivity contribution in [3.63, 3.8) is 0 Å². The van der Waals surface area contributed by atoms with Crippen molar-refractivity contribution in [1.82, 2.24) is 0 Å². The number of benzene rings is 2. The minimum absolute atomic E-state index is 0.160. The van der Waals surface area contributed by atoms with Crippen LogP contribution in [0.4, 0.5) is 0 Å². The molecule has 0 radical (unpaired) electrons. The van der Waals surface area contributed by atoms with E-state index in [1.807, 2.05) is 36.4 Å². The molecule has 0 amide bonds. The average Bonchev–Trinajstić information content (AvgIpc) is 2.86. The lowest BCUT2D eigenvalue weighted by Gasteiger charge is -2.21. The van der Waals surface area contributed by atoms with Gasteiger partial charge in [-0.3, -0.25) is 4.79 Å². The molecule has 2 aromatic rings. The highest BCUT2D eigenvalue weighted by molar-refractivity contribution is 5.92. The van der Waals surface area contributed by atoms with Gasteiger partial charge < -0.3 is 14.2 Å². The highest BCUT2D eigenvalue weighted by Gasteiger charge is 2.20. The van der Waals surface area contributed by atoms with E-state index in [0.717, 1.165) is 36.8 Å². The van der Waals surface area contributed by atoms with Crippen molar-refractivity contribution >= 4 is 11.9 Å². The minimum atomic E-state index is -0.460. The number of carbonyl (C=O) groups is 2. The summed E-state index contributed by atoms with van der Waals surface area (Å²) < 4.78 is 16.7. The molecule has 2 atom stereocenters. The van der Waals surface area contributed by atoms with Crippen molar-refractivity contribution in [2.24, 2.45) is 5.92 Å². The normalized spacial score (nSPS) is 12.7. The fourth-order valence-electron chi connectivity index (χ4n) is 3.78. The van der Waals surface area contributed by atoms with E-state index in [-0.39, 0.29) is 24.6 Å². The lowest BCUT2D eigenvalue weighted by Crippen LogP contribution is -2.27. The smallest absolute Gasteiger partial charge is 0.338 e. The van der Waals surface area contributed by atoms with E-state index < -0.39 is 5.97 Å². The van der Waals surface area contributed by atoms with Crippen LogP contribution in [0, 0.1) is 5.92 Å². The second-order valence-electron chi connectivity index (χ2n) is 8.83. The van der Waals surface area contributed by atoms with Crippen LogP contribution < -0.4 is 4.74 Å². The molecule has 2 rings (SSSR count). The van der Waals surface area contributed by atoms with Crippen molar-refractivity contribution in [3.8, 4) is 16.9 Å². The number of rotatable bonds is 15. The molecule has 5 nitrogen and oxygen atoms in total. The van der Waals surface area contributed by atoms with Crippen molar-refractivity contribution in [3.05, 3.63) is 54.1 Å². The van der Waals surface area contributed by atoms with Crippen molar-refractivity contribution < 1.29 is 23.8 Å². The summed E-state index contributed by atoms with van der Waals surface area (Å²) in [4.78, 5) is 25.3. The maximum Gasteiger partial charge on any atom is 0.338 e. The summed E-state index contributed by atoms with van der Waals surface area (Å²) in [5, 5.41) is 0. The second-order valence-corrected chi connectivity index (χ2v) is 8.83. The lowest BCUT2D eigenvalue weighted by molar-refractivity contribution is -0.134. The van der Waals surface area contributed by atoms with Gasteiger partial charge in [0.25, 0.3) is 0 Å². The Morgan fingerprint density at radius 2 is 1.62 bits per heavy atom. The van der Waals surface area contributed by atoms with E-state index in [1.165, 1.54) is 19.3 Å². The van der Waals surface area contributed by atoms with Gasteiger partial charge in [-0.15, -0.1) is 0 Å². The minimum Gasteiger partial charge on any atom is -0.459 e. The first-order valence-electron chi connectivity index (χ1n) is 12.6. The van der Waals surface area contributed by atoms with E-state index >= 15 is 0 Å². The predicted molar refractivity (Wildman–Crippen MR) is 136 cm³/mol. The van der Waals surface area contributed by atoms with Gasteiger partial charge in [-0.1, -0.05) is 89.6 Å². The second kappa shape index (κ2) is 15.3. The number of methoxy groups -OCH3 is 1. The van der Waals surface area contributed by atoms with Crippen LogP contribution in [0.1, 0.15) is 82.5 Å². The molecule has 0 N–H and O–H groups in total. The third kappa shape index (κ3) is 8.94. The standard InChI is InChI=1S/C29H40O5/c1-5-7-8-9-10-14-17-28(30)34-26-20-24(18-19-25(26)23-15-12-11-13-16-23)29(31)33-21-27(32-4)22(3)6-2/h11-13,15-16,18-20,22,27H,5-10,14,17,21H2,1-4H3. The molecule has 0 heterocycles. The summed E-state index contributed by atoms with van der Waals surface area (Å²) in [6.07, 6.45) is 7.73. The van der Waals surface area contributed by atoms with Crippen LogP contribution in [0.2, 0.25) is 0 Å². The van der Waals surface area contributed by atoms with Crippen LogP contribution in [0.25, 0.3) is 11.1 Å².